The van der Waals surface area contributed by atoms with Gasteiger partial charge in [0.25, 0.3) is 11.8 Å². The number of imide groups is 1. The fraction of sp³-hybridized carbons (Fsp3) is 0.122. The molecule has 0 bridgehead atoms. The van der Waals surface area contributed by atoms with Gasteiger partial charge in [-0.05, 0) is 95.9 Å². The zero-order valence-electron chi connectivity index (χ0n) is 28.3. The number of nitrogens with zero attached hydrogens (tertiary/aromatic N) is 1. The number of nitrogens with one attached hydrogen (secondary N) is 2. The molecule has 1 unspecified atom stereocenters. The highest BCUT2D eigenvalue weighted by Crippen LogP contribution is 2.35. The summed E-state index contributed by atoms with van der Waals surface area (Å²) in [5.41, 5.74) is 4.05. The van der Waals surface area contributed by atoms with Crippen LogP contribution < -0.4 is 25.0 Å². The first kappa shape index (κ1) is 36.0. The van der Waals surface area contributed by atoms with E-state index in [1.54, 1.807) is 84.9 Å². The number of halogens is 1. The molecule has 262 valence electrons. The molecule has 2 N–H and O–H groups in total. The second-order valence-corrected chi connectivity index (χ2v) is 13.5. The highest BCUT2D eigenvalue weighted by Gasteiger charge is 2.40. The fourth-order valence-electron chi connectivity index (χ4n) is 5.63. The van der Waals surface area contributed by atoms with E-state index in [0.717, 1.165) is 11.1 Å². The normalized spacial score (nSPS) is 14.2. The Morgan fingerprint density at radius 1 is 0.827 bits per heavy atom. The molecule has 0 aliphatic carbocycles. The molecule has 1 atom stereocenters. The van der Waals surface area contributed by atoms with E-state index in [0.29, 0.717) is 50.3 Å². The van der Waals surface area contributed by atoms with E-state index in [2.05, 4.69) is 10.6 Å². The molecule has 0 spiro atoms. The predicted octanol–water partition coefficient (Wildman–Crippen LogP) is 7.78. The summed E-state index contributed by atoms with van der Waals surface area (Å²) in [6.07, 6.45) is 2.27. The highest BCUT2D eigenvalue weighted by molar-refractivity contribution is 8.00. The van der Waals surface area contributed by atoms with Gasteiger partial charge in [-0.3, -0.25) is 19.2 Å². The number of rotatable bonds is 12. The summed E-state index contributed by atoms with van der Waals surface area (Å²) in [5, 5.41) is 5.62. The molecule has 9 nitrogen and oxygen atoms in total. The van der Waals surface area contributed by atoms with Gasteiger partial charge in [-0.25, -0.2) is 4.90 Å². The minimum absolute atomic E-state index is 0.00878. The van der Waals surface area contributed by atoms with E-state index in [1.807, 2.05) is 42.5 Å². The zero-order chi connectivity index (χ0) is 36.6. The SMILES string of the molecule is COc1ccc(C=C(NC(=O)c2ccccc2)C(=O)Nc2cccc(SC3CC(=O)N(c4ccc(Cc5ccc(Cl)cc5)cc4)C3=O)c2)cc1OC. The maximum absolute atomic E-state index is 13.7. The van der Waals surface area contributed by atoms with Gasteiger partial charge in [-0.1, -0.05) is 66.2 Å². The molecule has 1 saturated heterocycles. The molecular weight excluding hydrogens is 698 g/mol. The molecule has 1 fully saturated rings. The van der Waals surface area contributed by atoms with Gasteiger partial charge >= 0.3 is 0 Å². The Labute approximate surface area is 310 Å². The van der Waals surface area contributed by atoms with E-state index < -0.39 is 17.1 Å². The van der Waals surface area contributed by atoms with Gasteiger partial charge in [0, 0.05) is 27.6 Å². The summed E-state index contributed by atoms with van der Waals surface area (Å²) in [5.74, 6) is -0.645. The molecule has 0 aromatic heterocycles. The summed E-state index contributed by atoms with van der Waals surface area (Å²) in [7, 11) is 3.04. The van der Waals surface area contributed by atoms with Crippen LogP contribution in [-0.2, 0) is 20.8 Å². The quantitative estimate of drug-likeness (QED) is 0.0995. The lowest BCUT2D eigenvalue weighted by Crippen LogP contribution is -2.31. The summed E-state index contributed by atoms with van der Waals surface area (Å²) < 4.78 is 10.7. The molecule has 0 radical (unpaired) electrons. The first-order valence-electron chi connectivity index (χ1n) is 16.3. The minimum atomic E-state index is -0.641. The highest BCUT2D eigenvalue weighted by atomic mass is 35.5. The van der Waals surface area contributed by atoms with Crippen LogP contribution in [0.4, 0.5) is 11.4 Å². The van der Waals surface area contributed by atoms with Crippen LogP contribution in [0.1, 0.15) is 33.5 Å². The number of anilines is 2. The lowest BCUT2D eigenvalue weighted by molar-refractivity contribution is -0.121. The van der Waals surface area contributed by atoms with Crippen LogP contribution in [0.2, 0.25) is 5.02 Å². The van der Waals surface area contributed by atoms with Crippen LogP contribution in [0, 0.1) is 0 Å². The van der Waals surface area contributed by atoms with E-state index in [-0.39, 0.29) is 23.9 Å². The van der Waals surface area contributed by atoms with Gasteiger partial charge in [0.05, 0.1) is 25.2 Å². The van der Waals surface area contributed by atoms with E-state index >= 15 is 0 Å². The van der Waals surface area contributed by atoms with E-state index in [4.69, 9.17) is 21.1 Å². The molecule has 5 aromatic carbocycles. The Kier molecular flexibility index (Phi) is 11.4. The van der Waals surface area contributed by atoms with Gasteiger partial charge < -0.3 is 20.1 Å². The molecular formula is C41H34ClN3O6S. The summed E-state index contributed by atoms with van der Waals surface area (Å²) in [4.78, 5) is 55.3. The van der Waals surface area contributed by atoms with Crippen molar-refractivity contribution < 1.29 is 28.7 Å². The van der Waals surface area contributed by atoms with Crippen molar-refractivity contribution in [2.24, 2.45) is 0 Å². The van der Waals surface area contributed by atoms with Crippen molar-refractivity contribution in [1.29, 1.82) is 0 Å². The summed E-state index contributed by atoms with van der Waals surface area (Å²) in [6.45, 7) is 0. The van der Waals surface area contributed by atoms with Crippen LogP contribution >= 0.6 is 23.4 Å². The second-order valence-electron chi connectivity index (χ2n) is 11.8. The van der Waals surface area contributed by atoms with Crippen molar-refractivity contribution in [1.82, 2.24) is 5.32 Å². The van der Waals surface area contributed by atoms with Crippen molar-refractivity contribution in [3.63, 3.8) is 0 Å². The molecule has 0 saturated carbocycles. The fourth-order valence-corrected chi connectivity index (χ4v) is 6.87. The van der Waals surface area contributed by atoms with Crippen LogP contribution in [0.15, 0.2) is 132 Å². The molecule has 5 aromatic rings. The van der Waals surface area contributed by atoms with Crippen molar-refractivity contribution in [2.75, 3.05) is 24.4 Å². The number of thioether (sulfide) groups is 1. The maximum Gasteiger partial charge on any atom is 0.272 e. The summed E-state index contributed by atoms with van der Waals surface area (Å²) in [6, 6.07) is 35.7. The summed E-state index contributed by atoms with van der Waals surface area (Å²) >= 11 is 7.25. The Balaban J connectivity index is 1.15. The van der Waals surface area contributed by atoms with Crippen molar-refractivity contribution in [3.8, 4) is 11.5 Å². The third kappa shape index (κ3) is 8.71. The van der Waals surface area contributed by atoms with Crippen molar-refractivity contribution in [3.05, 3.63) is 154 Å². The Morgan fingerprint density at radius 3 is 2.21 bits per heavy atom. The molecule has 11 heteroatoms. The van der Waals surface area contributed by atoms with Crippen LogP contribution in [0.25, 0.3) is 6.08 Å². The lowest BCUT2D eigenvalue weighted by atomic mass is 10.0. The number of benzene rings is 5. The maximum atomic E-state index is 13.7. The van der Waals surface area contributed by atoms with Gasteiger partial charge in [0.15, 0.2) is 11.5 Å². The van der Waals surface area contributed by atoms with Gasteiger partial charge in [-0.2, -0.15) is 0 Å². The molecule has 1 heterocycles. The minimum Gasteiger partial charge on any atom is -0.493 e. The first-order valence-corrected chi connectivity index (χ1v) is 17.5. The molecule has 6 rings (SSSR count). The Hall–Kier alpha value is -5.84. The first-order chi connectivity index (χ1) is 25.2. The zero-order valence-corrected chi connectivity index (χ0v) is 29.9. The molecule has 1 aliphatic rings. The number of amides is 4. The Morgan fingerprint density at radius 2 is 1.52 bits per heavy atom. The lowest BCUT2D eigenvalue weighted by Gasteiger charge is -2.16. The standard InChI is InChI=1S/C41H34ClN3O6S/c1-50-35-20-15-28(23-36(35)51-2)22-34(44-39(47)29-7-4-3-5-8-29)40(48)43-31-9-6-10-33(24-31)52-37-25-38(46)45(41(37)49)32-18-13-27(14-19-32)21-26-11-16-30(42)17-12-26/h3-20,22-24,37H,21,25H2,1-2H3,(H,43,48)(H,44,47). The molecule has 1 aliphatic heterocycles. The number of hydrogen-bond donors (Lipinski definition) is 2. The number of carbonyl (C=O) groups excluding carboxylic acids is 4. The van der Waals surface area contributed by atoms with Gasteiger partial charge in [-0.15, -0.1) is 11.8 Å². The Bertz CT molecular complexity index is 2140. The smallest absolute Gasteiger partial charge is 0.272 e. The predicted molar refractivity (Wildman–Crippen MR) is 204 cm³/mol. The van der Waals surface area contributed by atoms with Crippen LogP contribution in [-0.4, -0.2) is 43.1 Å². The number of hydrogen-bond acceptors (Lipinski definition) is 7. The topological polar surface area (TPSA) is 114 Å². The monoisotopic (exact) mass is 731 g/mol. The second kappa shape index (κ2) is 16.5. The van der Waals surface area contributed by atoms with Crippen LogP contribution in [0.3, 0.4) is 0 Å². The van der Waals surface area contributed by atoms with Crippen molar-refractivity contribution >= 4 is 64.4 Å². The largest absolute Gasteiger partial charge is 0.493 e. The number of methoxy groups -OCH3 is 2. The third-order valence-electron chi connectivity index (χ3n) is 8.24. The average molecular weight is 732 g/mol. The van der Waals surface area contributed by atoms with E-state index in [9.17, 15) is 19.2 Å². The van der Waals surface area contributed by atoms with Gasteiger partial charge in [0.1, 0.15) is 5.70 Å². The third-order valence-corrected chi connectivity index (χ3v) is 9.67. The number of ether oxygens (including phenoxy) is 2. The average Bonchev–Trinajstić information content (AvgIpc) is 3.44. The van der Waals surface area contributed by atoms with Crippen molar-refractivity contribution in [2.45, 2.75) is 23.0 Å². The molecule has 4 amide bonds. The van der Waals surface area contributed by atoms with E-state index in [1.165, 1.54) is 30.9 Å². The molecule has 52 heavy (non-hydrogen) atoms. The van der Waals surface area contributed by atoms with Crippen LogP contribution in [0.5, 0.6) is 11.5 Å². The van der Waals surface area contributed by atoms with Gasteiger partial charge in [0.2, 0.25) is 11.8 Å². The number of carbonyl (C=O) groups is 4.